The summed E-state index contributed by atoms with van der Waals surface area (Å²) in [5.41, 5.74) is 0. The van der Waals surface area contributed by atoms with Gasteiger partial charge in [-0.05, 0) is 63.6 Å². The van der Waals surface area contributed by atoms with Crippen LogP contribution in [0.4, 0.5) is 0 Å². The van der Waals surface area contributed by atoms with Crippen LogP contribution in [0, 0.1) is 18.8 Å². The second kappa shape index (κ2) is 5.68. The monoisotopic (exact) mass is 262 g/mol. The van der Waals surface area contributed by atoms with Crippen molar-refractivity contribution in [3.05, 3.63) is 23.7 Å². The molecule has 0 radical (unpaired) electrons. The zero-order valence-corrected chi connectivity index (χ0v) is 12.2. The molecule has 2 fully saturated rings. The number of aryl methyl sites for hydroxylation is 1. The minimum Gasteiger partial charge on any atom is -0.465 e. The molecule has 106 valence electrons. The van der Waals surface area contributed by atoms with Crippen molar-refractivity contribution in [2.24, 2.45) is 11.8 Å². The molecule has 3 heteroatoms. The van der Waals surface area contributed by atoms with Crippen LogP contribution >= 0.6 is 0 Å². The summed E-state index contributed by atoms with van der Waals surface area (Å²) < 4.78 is 5.62. The van der Waals surface area contributed by atoms with Crippen molar-refractivity contribution < 1.29 is 4.42 Å². The normalized spacial score (nSPS) is 19.6. The van der Waals surface area contributed by atoms with Crippen LogP contribution in [0.3, 0.4) is 0 Å². The minimum atomic E-state index is 0.819. The highest BCUT2D eigenvalue weighted by Gasteiger charge is 2.40. The van der Waals surface area contributed by atoms with Gasteiger partial charge < -0.3 is 9.73 Å². The molecule has 1 N–H and O–H groups in total. The van der Waals surface area contributed by atoms with E-state index in [1.54, 1.807) is 0 Å². The number of furan rings is 1. The number of likely N-dealkylation sites (N-methyl/N-ethyl adjacent to an activating group) is 1. The molecule has 2 saturated carbocycles. The molecule has 0 amide bonds. The highest BCUT2D eigenvalue weighted by atomic mass is 16.3. The Labute approximate surface area is 116 Å². The fourth-order valence-corrected chi connectivity index (χ4v) is 2.97. The minimum absolute atomic E-state index is 0.819. The lowest BCUT2D eigenvalue weighted by atomic mass is 10.1. The molecule has 0 atom stereocenters. The Morgan fingerprint density at radius 1 is 1.26 bits per heavy atom. The SMILES string of the molecule is Cc1ccc(CN(C)CCNC(C2CC2)C2CC2)o1. The van der Waals surface area contributed by atoms with Crippen molar-refractivity contribution in [2.45, 2.75) is 45.2 Å². The van der Waals surface area contributed by atoms with E-state index in [2.05, 4.69) is 23.3 Å². The molecule has 2 aliphatic carbocycles. The molecule has 3 rings (SSSR count). The molecule has 1 aromatic rings. The molecule has 0 saturated heterocycles. The summed E-state index contributed by atoms with van der Waals surface area (Å²) in [6.45, 7) is 5.11. The van der Waals surface area contributed by atoms with Crippen LogP contribution in [0.2, 0.25) is 0 Å². The number of nitrogens with zero attached hydrogens (tertiary/aromatic N) is 1. The molecule has 1 aromatic heterocycles. The van der Waals surface area contributed by atoms with Crippen LogP contribution in [0.15, 0.2) is 16.5 Å². The van der Waals surface area contributed by atoms with Gasteiger partial charge in [0.25, 0.3) is 0 Å². The van der Waals surface area contributed by atoms with E-state index in [1.807, 2.05) is 13.0 Å². The van der Waals surface area contributed by atoms with Gasteiger partial charge in [0.2, 0.25) is 0 Å². The molecule has 0 aromatic carbocycles. The molecule has 2 aliphatic rings. The second-order valence-electron chi connectivity index (χ2n) is 6.40. The van der Waals surface area contributed by atoms with Crippen LogP contribution in [0.1, 0.15) is 37.2 Å². The van der Waals surface area contributed by atoms with Gasteiger partial charge in [0, 0.05) is 19.1 Å². The predicted molar refractivity (Wildman–Crippen MR) is 77.0 cm³/mol. The Bertz CT molecular complexity index is 395. The van der Waals surface area contributed by atoms with Crippen LogP contribution in [-0.4, -0.2) is 31.1 Å². The first-order chi connectivity index (χ1) is 9.22. The van der Waals surface area contributed by atoms with Crippen molar-refractivity contribution in [3.8, 4) is 0 Å². The highest BCUT2D eigenvalue weighted by molar-refractivity contribution is 5.05. The Morgan fingerprint density at radius 3 is 2.47 bits per heavy atom. The van der Waals surface area contributed by atoms with E-state index in [9.17, 15) is 0 Å². The molecule has 0 spiro atoms. The van der Waals surface area contributed by atoms with Crippen molar-refractivity contribution in [1.82, 2.24) is 10.2 Å². The maximum absolute atomic E-state index is 5.62. The first-order valence-electron chi connectivity index (χ1n) is 7.69. The average Bonchev–Trinajstić information content (AvgIpc) is 3.26. The van der Waals surface area contributed by atoms with Gasteiger partial charge in [-0.2, -0.15) is 0 Å². The molecule has 0 unspecified atom stereocenters. The van der Waals surface area contributed by atoms with Crippen LogP contribution in [0.5, 0.6) is 0 Å². The third-order valence-electron chi connectivity index (χ3n) is 4.36. The van der Waals surface area contributed by atoms with E-state index in [1.165, 1.54) is 25.7 Å². The summed E-state index contributed by atoms with van der Waals surface area (Å²) in [5.74, 6) is 4.06. The second-order valence-corrected chi connectivity index (χ2v) is 6.40. The Morgan fingerprint density at radius 2 is 1.95 bits per heavy atom. The zero-order chi connectivity index (χ0) is 13.2. The molecular formula is C16H26N2O. The highest BCUT2D eigenvalue weighted by Crippen LogP contribution is 2.44. The van der Waals surface area contributed by atoms with Gasteiger partial charge in [-0.25, -0.2) is 0 Å². The van der Waals surface area contributed by atoms with Crippen molar-refractivity contribution >= 4 is 0 Å². The van der Waals surface area contributed by atoms with Crippen molar-refractivity contribution in [3.63, 3.8) is 0 Å². The summed E-state index contributed by atoms with van der Waals surface area (Å²) in [6.07, 6.45) is 5.82. The van der Waals surface area contributed by atoms with Gasteiger partial charge in [0.05, 0.1) is 6.54 Å². The van der Waals surface area contributed by atoms with E-state index in [4.69, 9.17) is 4.42 Å². The van der Waals surface area contributed by atoms with Gasteiger partial charge in [0.15, 0.2) is 0 Å². The molecule has 0 bridgehead atoms. The summed E-state index contributed by atoms with van der Waals surface area (Å²) >= 11 is 0. The number of hydrogen-bond donors (Lipinski definition) is 1. The number of hydrogen-bond acceptors (Lipinski definition) is 3. The van der Waals surface area contributed by atoms with Crippen molar-refractivity contribution in [1.29, 1.82) is 0 Å². The van der Waals surface area contributed by atoms with Crippen LogP contribution < -0.4 is 5.32 Å². The van der Waals surface area contributed by atoms with Gasteiger partial charge >= 0.3 is 0 Å². The van der Waals surface area contributed by atoms with Gasteiger partial charge in [-0.3, -0.25) is 4.90 Å². The Hall–Kier alpha value is -0.800. The lowest BCUT2D eigenvalue weighted by Crippen LogP contribution is -2.38. The standard InChI is InChI=1S/C16H26N2O/c1-12-3-8-15(19-12)11-18(2)10-9-17-16(13-4-5-13)14-6-7-14/h3,8,13-14,16-17H,4-7,9-11H2,1-2H3. The van der Waals surface area contributed by atoms with Crippen LogP contribution in [0.25, 0.3) is 0 Å². The molecule has 3 nitrogen and oxygen atoms in total. The lowest BCUT2D eigenvalue weighted by Gasteiger charge is -2.21. The molecule has 19 heavy (non-hydrogen) atoms. The Kier molecular flexibility index (Phi) is 3.94. The number of nitrogens with one attached hydrogen (secondary N) is 1. The van der Waals surface area contributed by atoms with E-state index in [0.717, 1.165) is 49.0 Å². The fraction of sp³-hybridized carbons (Fsp3) is 0.750. The molecule has 1 heterocycles. The van der Waals surface area contributed by atoms with Gasteiger partial charge in [-0.15, -0.1) is 0 Å². The maximum Gasteiger partial charge on any atom is 0.118 e. The zero-order valence-electron chi connectivity index (χ0n) is 12.2. The Balaban J connectivity index is 1.36. The molecular weight excluding hydrogens is 236 g/mol. The van der Waals surface area contributed by atoms with Crippen molar-refractivity contribution in [2.75, 3.05) is 20.1 Å². The summed E-state index contributed by atoms with van der Waals surface area (Å²) in [6, 6.07) is 4.94. The quantitative estimate of drug-likeness (QED) is 0.781. The smallest absolute Gasteiger partial charge is 0.118 e. The van der Waals surface area contributed by atoms with E-state index >= 15 is 0 Å². The topological polar surface area (TPSA) is 28.4 Å². The van der Waals surface area contributed by atoms with E-state index < -0.39 is 0 Å². The summed E-state index contributed by atoms with van der Waals surface area (Å²) in [4.78, 5) is 2.34. The van der Waals surface area contributed by atoms with Crippen LogP contribution in [-0.2, 0) is 6.54 Å². The number of rotatable bonds is 8. The largest absolute Gasteiger partial charge is 0.465 e. The third kappa shape index (κ3) is 3.83. The predicted octanol–water partition coefficient (Wildman–Crippen LogP) is 2.80. The van der Waals surface area contributed by atoms with Gasteiger partial charge in [0.1, 0.15) is 11.5 Å². The van der Waals surface area contributed by atoms with E-state index in [0.29, 0.717) is 0 Å². The van der Waals surface area contributed by atoms with Gasteiger partial charge in [-0.1, -0.05) is 0 Å². The summed E-state index contributed by atoms with van der Waals surface area (Å²) in [5, 5.41) is 3.79. The lowest BCUT2D eigenvalue weighted by molar-refractivity contribution is 0.280. The first-order valence-corrected chi connectivity index (χ1v) is 7.69. The maximum atomic E-state index is 5.62. The van der Waals surface area contributed by atoms with E-state index in [-0.39, 0.29) is 0 Å². The third-order valence-corrected chi connectivity index (χ3v) is 4.36. The molecule has 0 aliphatic heterocycles. The summed E-state index contributed by atoms with van der Waals surface area (Å²) in [7, 11) is 2.17. The first kappa shape index (κ1) is 13.2. The fourth-order valence-electron chi connectivity index (χ4n) is 2.97. The average molecular weight is 262 g/mol.